The monoisotopic (exact) mass is 251 g/mol. The fourth-order valence-corrected chi connectivity index (χ4v) is 2.49. The van der Waals surface area contributed by atoms with Gasteiger partial charge >= 0.3 is 0 Å². The number of imidazole rings is 1. The topological polar surface area (TPSA) is 39.1 Å². The summed E-state index contributed by atoms with van der Waals surface area (Å²) in [5, 5.41) is 3.51. The second-order valence-corrected chi connectivity index (χ2v) is 5.06. The van der Waals surface area contributed by atoms with E-state index in [0.717, 1.165) is 51.0 Å². The zero-order valence-corrected chi connectivity index (χ0v) is 11.4. The molecular weight excluding hydrogens is 226 g/mol. The highest BCUT2D eigenvalue weighted by atomic mass is 16.5. The van der Waals surface area contributed by atoms with Crippen molar-refractivity contribution in [3.05, 3.63) is 18.2 Å². The van der Waals surface area contributed by atoms with Crippen molar-refractivity contribution in [2.45, 2.75) is 45.7 Å². The van der Waals surface area contributed by atoms with Crippen LogP contribution in [-0.2, 0) is 17.8 Å². The second kappa shape index (κ2) is 7.54. The fraction of sp³-hybridized carbons (Fsp3) is 0.786. The van der Waals surface area contributed by atoms with Gasteiger partial charge in [0.1, 0.15) is 5.82 Å². The molecule has 0 amide bonds. The normalized spacial score (nSPS) is 17.2. The van der Waals surface area contributed by atoms with Gasteiger partial charge in [-0.3, -0.25) is 0 Å². The molecule has 0 radical (unpaired) electrons. The van der Waals surface area contributed by atoms with E-state index < -0.39 is 0 Å². The Morgan fingerprint density at radius 3 is 3.06 bits per heavy atom. The van der Waals surface area contributed by atoms with Crippen molar-refractivity contribution in [3.8, 4) is 0 Å². The van der Waals surface area contributed by atoms with Gasteiger partial charge in [-0.15, -0.1) is 0 Å². The molecule has 0 unspecified atom stereocenters. The van der Waals surface area contributed by atoms with Gasteiger partial charge < -0.3 is 14.6 Å². The van der Waals surface area contributed by atoms with Crippen LogP contribution in [0.4, 0.5) is 0 Å². The number of hydrogen-bond donors (Lipinski definition) is 1. The summed E-state index contributed by atoms with van der Waals surface area (Å²) < 4.78 is 7.61. The molecule has 2 rings (SSSR count). The lowest BCUT2D eigenvalue weighted by molar-refractivity contribution is 0.0639. The average molecular weight is 251 g/mol. The molecule has 0 aliphatic carbocycles. The van der Waals surface area contributed by atoms with Crippen molar-refractivity contribution in [1.82, 2.24) is 14.9 Å². The van der Waals surface area contributed by atoms with E-state index in [4.69, 9.17) is 4.74 Å². The standard InChI is InChI=1S/C14H25N3O/c1-2-8-17-9-7-16-14(17)12-15-6-3-13-4-10-18-11-5-13/h7,9,13,15H,2-6,8,10-12H2,1H3. The quantitative estimate of drug-likeness (QED) is 0.755. The maximum absolute atomic E-state index is 5.37. The number of hydrogen-bond acceptors (Lipinski definition) is 3. The van der Waals surface area contributed by atoms with Crippen molar-refractivity contribution in [1.29, 1.82) is 0 Å². The number of nitrogens with zero attached hydrogens (tertiary/aromatic N) is 2. The van der Waals surface area contributed by atoms with Gasteiger partial charge in [-0.05, 0) is 38.1 Å². The molecule has 1 saturated heterocycles. The second-order valence-electron chi connectivity index (χ2n) is 5.06. The Labute approximate surface area is 110 Å². The Hall–Kier alpha value is -0.870. The molecule has 0 saturated carbocycles. The van der Waals surface area contributed by atoms with Crippen LogP contribution in [0.2, 0.25) is 0 Å². The van der Waals surface area contributed by atoms with Crippen molar-refractivity contribution < 1.29 is 4.74 Å². The first-order chi connectivity index (χ1) is 8.90. The zero-order valence-electron chi connectivity index (χ0n) is 11.4. The van der Waals surface area contributed by atoms with Crippen LogP contribution in [0.5, 0.6) is 0 Å². The van der Waals surface area contributed by atoms with Crippen LogP contribution in [0.15, 0.2) is 12.4 Å². The molecule has 102 valence electrons. The van der Waals surface area contributed by atoms with Crippen LogP contribution < -0.4 is 5.32 Å². The summed E-state index contributed by atoms with van der Waals surface area (Å²) in [7, 11) is 0. The molecule has 1 aromatic rings. The Bertz CT molecular complexity index is 332. The van der Waals surface area contributed by atoms with Crippen LogP contribution in [0, 0.1) is 5.92 Å². The highest BCUT2D eigenvalue weighted by molar-refractivity contribution is 4.91. The van der Waals surface area contributed by atoms with E-state index in [2.05, 4.69) is 28.0 Å². The number of nitrogens with one attached hydrogen (secondary N) is 1. The highest BCUT2D eigenvalue weighted by Gasteiger charge is 2.12. The van der Waals surface area contributed by atoms with Gasteiger partial charge in [0.2, 0.25) is 0 Å². The lowest BCUT2D eigenvalue weighted by Crippen LogP contribution is -2.23. The largest absolute Gasteiger partial charge is 0.381 e. The van der Waals surface area contributed by atoms with E-state index in [1.165, 1.54) is 19.3 Å². The molecule has 1 aliphatic heterocycles. The van der Waals surface area contributed by atoms with Crippen molar-refractivity contribution in [3.63, 3.8) is 0 Å². The molecule has 4 nitrogen and oxygen atoms in total. The summed E-state index contributed by atoms with van der Waals surface area (Å²) in [6.45, 7) is 7.14. The SMILES string of the molecule is CCCn1ccnc1CNCCC1CCOCC1. The summed E-state index contributed by atoms with van der Waals surface area (Å²) in [5.74, 6) is 2.01. The van der Waals surface area contributed by atoms with Gasteiger partial charge in [0.15, 0.2) is 0 Å². The Morgan fingerprint density at radius 2 is 2.28 bits per heavy atom. The van der Waals surface area contributed by atoms with Gasteiger partial charge in [0.25, 0.3) is 0 Å². The maximum atomic E-state index is 5.37. The molecule has 0 atom stereocenters. The zero-order chi connectivity index (χ0) is 12.6. The minimum Gasteiger partial charge on any atom is -0.381 e. The van der Waals surface area contributed by atoms with Gasteiger partial charge in [-0.25, -0.2) is 4.98 Å². The van der Waals surface area contributed by atoms with Crippen LogP contribution in [0.25, 0.3) is 0 Å². The molecule has 1 aliphatic rings. The number of rotatable bonds is 7. The summed E-state index contributed by atoms with van der Waals surface area (Å²) in [6.07, 6.45) is 8.84. The third kappa shape index (κ3) is 4.10. The average Bonchev–Trinajstić information content (AvgIpc) is 2.84. The molecular formula is C14H25N3O. The predicted octanol–water partition coefficient (Wildman–Crippen LogP) is 2.20. The Balaban J connectivity index is 1.63. The molecule has 0 aromatic carbocycles. The molecule has 0 spiro atoms. The van der Waals surface area contributed by atoms with Crippen LogP contribution >= 0.6 is 0 Å². The van der Waals surface area contributed by atoms with E-state index >= 15 is 0 Å². The van der Waals surface area contributed by atoms with Crippen molar-refractivity contribution in [2.24, 2.45) is 5.92 Å². The van der Waals surface area contributed by atoms with E-state index in [1.54, 1.807) is 0 Å². The Morgan fingerprint density at radius 1 is 1.44 bits per heavy atom. The number of ether oxygens (including phenoxy) is 1. The molecule has 4 heteroatoms. The predicted molar refractivity (Wildman–Crippen MR) is 72.4 cm³/mol. The van der Waals surface area contributed by atoms with E-state index in [-0.39, 0.29) is 0 Å². The third-order valence-electron chi connectivity index (χ3n) is 3.62. The van der Waals surface area contributed by atoms with E-state index in [9.17, 15) is 0 Å². The fourth-order valence-electron chi connectivity index (χ4n) is 2.49. The lowest BCUT2D eigenvalue weighted by atomic mass is 9.97. The summed E-state index contributed by atoms with van der Waals surface area (Å²) in [5.41, 5.74) is 0. The summed E-state index contributed by atoms with van der Waals surface area (Å²) in [4.78, 5) is 4.40. The third-order valence-corrected chi connectivity index (χ3v) is 3.62. The summed E-state index contributed by atoms with van der Waals surface area (Å²) >= 11 is 0. The molecule has 18 heavy (non-hydrogen) atoms. The van der Waals surface area contributed by atoms with Crippen LogP contribution in [0.1, 0.15) is 38.4 Å². The summed E-state index contributed by atoms with van der Waals surface area (Å²) in [6, 6.07) is 0. The van der Waals surface area contributed by atoms with Crippen molar-refractivity contribution >= 4 is 0 Å². The molecule has 0 bridgehead atoms. The molecule has 1 aromatic heterocycles. The smallest absolute Gasteiger partial charge is 0.122 e. The first-order valence-corrected chi connectivity index (χ1v) is 7.18. The van der Waals surface area contributed by atoms with Gasteiger partial charge in [-0.2, -0.15) is 0 Å². The minimum absolute atomic E-state index is 0.849. The highest BCUT2D eigenvalue weighted by Crippen LogP contribution is 2.17. The molecule has 2 heterocycles. The lowest BCUT2D eigenvalue weighted by Gasteiger charge is -2.21. The molecule has 1 N–H and O–H groups in total. The first kappa shape index (κ1) is 13.6. The maximum Gasteiger partial charge on any atom is 0.122 e. The molecule has 1 fully saturated rings. The van der Waals surface area contributed by atoms with Crippen LogP contribution in [0.3, 0.4) is 0 Å². The first-order valence-electron chi connectivity index (χ1n) is 7.18. The van der Waals surface area contributed by atoms with E-state index in [1.807, 2.05) is 6.20 Å². The van der Waals surface area contributed by atoms with Gasteiger partial charge in [0.05, 0.1) is 6.54 Å². The van der Waals surface area contributed by atoms with Gasteiger partial charge in [0, 0.05) is 32.2 Å². The van der Waals surface area contributed by atoms with E-state index in [0.29, 0.717) is 0 Å². The van der Waals surface area contributed by atoms with Crippen molar-refractivity contribution in [2.75, 3.05) is 19.8 Å². The Kier molecular flexibility index (Phi) is 5.68. The minimum atomic E-state index is 0.849. The van der Waals surface area contributed by atoms with Crippen LogP contribution in [-0.4, -0.2) is 29.3 Å². The number of aryl methyl sites for hydroxylation is 1. The van der Waals surface area contributed by atoms with Gasteiger partial charge in [-0.1, -0.05) is 6.92 Å². The number of aromatic nitrogens is 2.